The van der Waals surface area contributed by atoms with Crippen molar-refractivity contribution in [3.05, 3.63) is 18.5 Å². The highest BCUT2D eigenvalue weighted by molar-refractivity contribution is 5.76. The number of likely N-dealkylation sites (tertiary alicyclic amines) is 1. The quantitative estimate of drug-likeness (QED) is 0.853. The maximum Gasteiger partial charge on any atom is 0.222 e. The van der Waals surface area contributed by atoms with Gasteiger partial charge in [-0.1, -0.05) is 0 Å². The van der Waals surface area contributed by atoms with E-state index in [1.165, 1.54) is 6.42 Å². The van der Waals surface area contributed by atoms with E-state index < -0.39 is 0 Å². The van der Waals surface area contributed by atoms with E-state index in [0.29, 0.717) is 17.7 Å². The number of ether oxygens (including phenoxy) is 1. The van der Waals surface area contributed by atoms with Gasteiger partial charge in [-0.25, -0.2) is 0 Å². The Bertz CT molecular complexity index is 447. The fourth-order valence-electron chi connectivity index (χ4n) is 3.62. The maximum atomic E-state index is 12.4. The van der Waals surface area contributed by atoms with Gasteiger partial charge >= 0.3 is 0 Å². The standard InChI is InChI=1S/C16H25N3O2/c20-15(4-1-10-19-11-3-8-17-19)18-9-2-5-16(14-18)6-12-21-13-7-16/h3,8,11H,1-2,4-7,9-10,12-14H2. The molecule has 2 aliphatic rings. The summed E-state index contributed by atoms with van der Waals surface area (Å²) in [4.78, 5) is 14.5. The Morgan fingerprint density at radius 3 is 2.90 bits per heavy atom. The third kappa shape index (κ3) is 3.64. The lowest BCUT2D eigenvalue weighted by molar-refractivity contribution is -0.137. The lowest BCUT2D eigenvalue weighted by Gasteiger charge is -2.45. The summed E-state index contributed by atoms with van der Waals surface area (Å²) in [5, 5.41) is 4.17. The van der Waals surface area contributed by atoms with Crippen LogP contribution < -0.4 is 0 Å². The first kappa shape index (κ1) is 14.6. The van der Waals surface area contributed by atoms with Crippen molar-refractivity contribution in [1.82, 2.24) is 14.7 Å². The van der Waals surface area contributed by atoms with Gasteiger partial charge in [-0.2, -0.15) is 5.10 Å². The van der Waals surface area contributed by atoms with E-state index in [1.54, 1.807) is 6.20 Å². The first-order chi connectivity index (χ1) is 10.3. The Morgan fingerprint density at radius 2 is 2.14 bits per heavy atom. The minimum absolute atomic E-state index is 0.313. The van der Waals surface area contributed by atoms with Crippen LogP contribution in [0.3, 0.4) is 0 Å². The second-order valence-electron chi connectivity index (χ2n) is 6.40. The second-order valence-corrected chi connectivity index (χ2v) is 6.40. The summed E-state index contributed by atoms with van der Waals surface area (Å²) in [6.45, 7) is 4.42. The van der Waals surface area contributed by atoms with Crippen molar-refractivity contribution >= 4 is 5.91 Å². The van der Waals surface area contributed by atoms with Crippen LogP contribution in [-0.4, -0.2) is 46.9 Å². The van der Waals surface area contributed by atoms with E-state index in [0.717, 1.165) is 58.5 Å². The first-order valence-corrected chi connectivity index (χ1v) is 8.10. The van der Waals surface area contributed by atoms with Crippen LogP contribution in [0, 0.1) is 5.41 Å². The van der Waals surface area contributed by atoms with Crippen molar-refractivity contribution in [2.75, 3.05) is 26.3 Å². The smallest absolute Gasteiger partial charge is 0.222 e. The molecule has 1 amide bonds. The lowest BCUT2D eigenvalue weighted by Crippen LogP contribution is -2.48. The molecule has 2 fully saturated rings. The van der Waals surface area contributed by atoms with Gasteiger partial charge in [-0.15, -0.1) is 0 Å². The molecule has 0 bridgehead atoms. The van der Waals surface area contributed by atoms with E-state index in [2.05, 4.69) is 10.00 Å². The number of nitrogens with zero attached hydrogens (tertiary/aromatic N) is 3. The van der Waals surface area contributed by atoms with Gasteiger partial charge in [0, 0.05) is 51.7 Å². The first-order valence-electron chi connectivity index (χ1n) is 8.10. The number of aryl methyl sites for hydroxylation is 1. The number of piperidine rings is 1. The maximum absolute atomic E-state index is 12.4. The van der Waals surface area contributed by atoms with Gasteiger partial charge in [-0.3, -0.25) is 9.48 Å². The number of carbonyl (C=O) groups is 1. The molecule has 0 aromatic carbocycles. The van der Waals surface area contributed by atoms with Gasteiger partial charge in [0.25, 0.3) is 0 Å². The van der Waals surface area contributed by atoms with Gasteiger partial charge in [-0.05, 0) is 43.6 Å². The van der Waals surface area contributed by atoms with E-state index >= 15 is 0 Å². The van der Waals surface area contributed by atoms with E-state index in [-0.39, 0.29) is 0 Å². The number of hydrogen-bond donors (Lipinski definition) is 0. The zero-order valence-electron chi connectivity index (χ0n) is 12.7. The molecule has 0 N–H and O–H groups in total. The third-order valence-corrected chi connectivity index (χ3v) is 4.90. The summed E-state index contributed by atoms with van der Waals surface area (Å²) in [5.41, 5.74) is 0.341. The molecular weight excluding hydrogens is 266 g/mol. The Morgan fingerprint density at radius 1 is 1.29 bits per heavy atom. The number of carbonyl (C=O) groups excluding carboxylic acids is 1. The van der Waals surface area contributed by atoms with E-state index in [4.69, 9.17) is 4.74 Å². The molecular formula is C16H25N3O2. The van der Waals surface area contributed by atoms with Gasteiger partial charge in [0.2, 0.25) is 5.91 Å². The predicted octanol–water partition coefficient (Wildman–Crippen LogP) is 2.08. The summed E-state index contributed by atoms with van der Waals surface area (Å²) in [5.74, 6) is 0.313. The molecule has 0 unspecified atom stereocenters. The highest BCUT2D eigenvalue weighted by Crippen LogP contribution is 2.39. The molecule has 116 valence electrons. The third-order valence-electron chi connectivity index (χ3n) is 4.90. The average Bonchev–Trinajstić information content (AvgIpc) is 3.01. The molecule has 3 heterocycles. The Balaban J connectivity index is 1.47. The summed E-state index contributed by atoms with van der Waals surface area (Å²) in [6, 6.07) is 1.92. The van der Waals surface area contributed by atoms with E-state index in [1.807, 2.05) is 16.9 Å². The summed E-state index contributed by atoms with van der Waals surface area (Å²) < 4.78 is 7.38. The van der Waals surface area contributed by atoms with Crippen LogP contribution in [0.4, 0.5) is 0 Å². The summed E-state index contributed by atoms with van der Waals surface area (Å²) in [7, 11) is 0. The molecule has 0 radical (unpaired) electrons. The molecule has 1 spiro atoms. The van der Waals surface area contributed by atoms with Gasteiger partial charge in [0.1, 0.15) is 0 Å². The van der Waals surface area contributed by atoms with Crippen molar-refractivity contribution in [2.24, 2.45) is 5.41 Å². The van der Waals surface area contributed by atoms with Crippen molar-refractivity contribution in [3.8, 4) is 0 Å². The fourth-order valence-corrected chi connectivity index (χ4v) is 3.62. The van der Waals surface area contributed by atoms with Gasteiger partial charge in [0.05, 0.1) is 0 Å². The average molecular weight is 291 g/mol. The van der Waals surface area contributed by atoms with Gasteiger partial charge in [0.15, 0.2) is 0 Å². The molecule has 2 aliphatic heterocycles. The van der Waals surface area contributed by atoms with Crippen LogP contribution in [0.1, 0.15) is 38.5 Å². The summed E-state index contributed by atoms with van der Waals surface area (Å²) in [6.07, 6.45) is 9.86. The van der Waals surface area contributed by atoms with Crippen LogP contribution in [0.25, 0.3) is 0 Å². The molecule has 3 rings (SSSR count). The molecule has 0 atom stereocenters. The van der Waals surface area contributed by atoms with Crippen LogP contribution in [0.2, 0.25) is 0 Å². The van der Waals surface area contributed by atoms with Crippen molar-refractivity contribution in [2.45, 2.75) is 45.1 Å². The minimum atomic E-state index is 0.313. The van der Waals surface area contributed by atoms with Crippen LogP contribution in [-0.2, 0) is 16.1 Å². The van der Waals surface area contributed by atoms with Crippen molar-refractivity contribution < 1.29 is 9.53 Å². The zero-order valence-corrected chi connectivity index (χ0v) is 12.7. The Kier molecular flexibility index (Phi) is 4.58. The largest absolute Gasteiger partial charge is 0.381 e. The highest BCUT2D eigenvalue weighted by Gasteiger charge is 2.38. The van der Waals surface area contributed by atoms with Crippen LogP contribution in [0.5, 0.6) is 0 Å². The lowest BCUT2D eigenvalue weighted by atomic mass is 9.74. The molecule has 1 aromatic heterocycles. The minimum Gasteiger partial charge on any atom is -0.381 e. The molecule has 0 aliphatic carbocycles. The van der Waals surface area contributed by atoms with Crippen LogP contribution in [0.15, 0.2) is 18.5 Å². The monoisotopic (exact) mass is 291 g/mol. The number of amides is 1. The normalized spacial score (nSPS) is 21.6. The molecule has 1 aromatic rings. The molecule has 2 saturated heterocycles. The Hall–Kier alpha value is -1.36. The molecule has 0 saturated carbocycles. The van der Waals surface area contributed by atoms with Crippen molar-refractivity contribution in [3.63, 3.8) is 0 Å². The second kappa shape index (κ2) is 6.60. The highest BCUT2D eigenvalue weighted by atomic mass is 16.5. The predicted molar refractivity (Wildman–Crippen MR) is 79.8 cm³/mol. The van der Waals surface area contributed by atoms with Crippen molar-refractivity contribution in [1.29, 1.82) is 0 Å². The van der Waals surface area contributed by atoms with E-state index in [9.17, 15) is 4.79 Å². The number of hydrogen-bond acceptors (Lipinski definition) is 3. The fraction of sp³-hybridized carbons (Fsp3) is 0.750. The number of rotatable bonds is 4. The zero-order chi connectivity index (χ0) is 14.5. The molecule has 5 nitrogen and oxygen atoms in total. The van der Waals surface area contributed by atoms with Crippen LogP contribution >= 0.6 is 0 Å². The Labute approximate surface area is 126 Å². The SMILES string of the molecule is O=C(CCCn1cccn1)N1CCCC2(CCOCC2)C1. The molecule has 21 heavy (non-hydrogen) atoms. The van der Waals surface area contributed by atoms with Gasteiger partial charge < -0.3 is 9.64 Å². The summed E-state index contributed by atoms with van der Waals surface area (Å²) >= 11 is 0. The number of aromatic nitrogens is 2. The topological polar surface area (TPSA) is 47.4 Å². The molecule has 5 heteroatoms.